The summed E-state index contributed by atoms with van der Waals surface area (Å²) in [6, 6.07) is 10.1. The molecule has 1 aromatic heterocycles. The number of carbonyl (C=O) groups is 2. The second kappa shape index (κ2) is 15.7. The van der Waals surface area contributed by atoms with Gasteiger partial charge >= 0.3 is 5.97 Å². The number of aliphatic hydroxyl groups excluding tert-OH is 1. The number of hydrogen-bond donors (Lipinski definition) is 5. The monoisotopic (exact) mass is 734 g/mol. The average molecular weight is 736 g/mol. The fraction of sp³-hybridized carbons (Fsp3) is 0.486. The molecule has 0 radical (unpaired) electrons. The molecule has 5 N–H and O–H groups in total. The molecule has 0 bridgehead atoms. The van der Waals surface area contributed by atoms with Gasteiger partial charge in [0.15, 0.2) is 5.82 Å². The fourth-order valence-electron chi connectivity index (χ4n) is 6.44. The lowest BCUT2D eigenvalue weighted by atomic mass is 9.62. The number of rotatable bonds is 14. The maximum Gasteiger partial charge on any atom is 0.317 e. The molecule has 50 heavy (non-hydrogen) atoms. The molecule has 0 spiro atoms. The van der Waals surface area contributed by atoms with Gasteiger partial charge in [0.05, 0.1) is 48.5 Å². The largest absolute Gasteiger partial charge is 0.480 e. The number of carboxylic acids is 1. The molecule has 1 fully saturated rings. The summed E-state index contributed by atoms with van der Waals surface area (Å²) >= 11 is 12.3. The van der Waals surface area contributed by atoms with Crippen LogP contribution in [-0.2, 0) is 26.3 Å². The summed E-state index contributed by atoms with van der Waals surface area (Å²) in [7, 11) is 0. The number of anilines is 1. The first-order valence-corrected chi connectivity index (χ1v) is 16.8. The van der Waals surface area contributed by atoms with Crippen LogP contribution in [0, 0.1) is 28.4 Å². The number of aliphatic carboxylic acids is 1. The van der Waals surface area contributed by atoms with Crippen LogP contribution in [0.5, 0.6) is 0 Å². The third kappa shape index (κ3) is 9.17. The molecule has 4 rings (SSSR count). The Hall–Kier alpha value is -3.64. The molecule has 11 nitrogen and oxygen atoms in total. The third-order valence-electron chi connectivity index (χ3n) is 8.49. The Morgan fingerprint density at radius 2 is 1.90 bits per heavy atom. The highest BCUT2D eigenvalue weighted by Crippen LogP contribution is 2.52. The first-order valence-electron chi connectivity index (χ1n) is 16.0. The Kier molecular flexibility index (Phi) is 12.3. The lowest BCUT2D eigenvalue weighted by Gasteiger charge is -2.37. The molecule has 1 saturated heterocycles. The highest BCUT2D eigenvalue weighted by atomic mass is 35.5. The van der Waals surface area contributed by atoms with Crippen LogP contribution in [0.3, 0.4) is 0 Å². The molecule has 1 aliphatic rings. The molecule has 3 aromatic rings. The predicted octanol–water partition coefficient (Wildman–Crippen LogP) is 5.26. The van der Waals surface area contributed by atoms with E-state index in [1.165, 1.54) is 35.0 Å². The molecular weight excluding hydrogens is 693 g/mol. The van der Waals surface area contributed by atoms with Gasteiger partial charge in [0, 0.05) is 41.4 Å². The summed E-state index contributed by atoms with van der Waals surface area (Å²) in [6.45, 7) is 9.31. The number of ether oxygens (including phenoxy) is 1. The number of carboxylic acid groups (broad SMARTS) is 1. The van der Waals surface area contributed by atoms with Gasteiger partial charge < -0.3 is 30.9 Å². The molecule has 0 aliphatic carbocycles. The maximum absolute atomic E-state index is 15.9. The van der Waals surface area contributed by atoms with E-state index in [0.29, 0.717) is 6.42 Å². The Morgan fingerprint density at radius 3 is 2.54 bits per heavy atom. The highest BCUT2D eigenvalue weighted by Gasteiger charge is 2.61. The Labute approximate surface area is 299 Å². The van der Waals surface area contributed by atoms with E-state index in [4.69, 9.17) is 33.0 Å². The average Bonchev–Trinajstić information content (AvgIpc) is 3.57. The van der Waals surface area contributed by atoms with E-state index in [1.54, 1.807) is 26.1 Å². The van der Waals surface area contributed by atoms with Crippen molar-refractivity contribution in [1.29, 1.82) is 5.26 Å². The minimum absolute atomic E-state index is 0.0257. The first kappa shape index (κ1) is 39.2. The van der Waals surface area contributed by atoms with Crippen molar-refractivity contribution < 1.29 is 33.3 Å². The van der Waals surface area contributed by atoms with E-state index in [-0.39, 0.29) is 53.2 Å². The van der Waals surface area contributed by atoms with Crippen LogP contribution in [0.25, 0.3) is 0 Å². The second-order valence-electron chi connectivity index (χ2n) is 14.3. The third-order valence-corrected chi connectivity index (χ3v) is 9.02. The van der Waals surface area contributed by atoms with Gasteiger partial charge in [-0.05, 0) is 49.4 Å². The standard InChI is InChI=1S/C35H42Cl2F2N6O5/c1-33(2,3)14-26-35(18-40,23-10-9-20(36)13-25(23)38)29(22-7-6-8-24(37)30(22)39)31(42-26)32(49)43-27-11-12-45(44-27)19-34(4,5)50-17-21(46)15-41-16-28(47)48/h6-13,21,26,29,31,41-42,46H,14-17,19H2,1-5H3,(H,47,48)(H,43,44,49)/t21?,26-,29-,31+,35-/m0/s1. The summed E-state index contributed by atoms with van der Waals surface area (Å²) in [5.74, 6) is -4.33. The summed E-state index contributed by atoms with van der Waals surface area (Å²) in [5, 5.41) is 42.9. The lowest BCUT2D eigenvalue weighted by Crippen LogP contribution is -2.45. The Bertz CT molecular complexity index is 1740. The molecule has 2 aromatic carbocycles. The molecule has 1 unspecified atom stereocenters. The van der Waals surface area contributed by atoms with Crippen molar-refractivity contribution in [3.05, 3.63) is 81.5 Å². The number of benzene rings is 2. The van der Waals surface area contributed by atoms with Crippen molar-refractivity contribution in [3.8, 4) is 6.07 Å². The van der Waals surface area contributed by atoms with Gasteiger partial charge in [-0.3, -0.25) is 14.3 Å². The number of nitrogens with zero attached hydrogens (tertiary/aromatic N) is 3. The van der Waals surface area contributed by atoms with Crippen LogP contribution in [0.15, 0.2) is 48.7 Å². The minimum atomic E-state index is -1.77. The van der Waals surface area contributed by atoms with E-state index < -0.39 is 64.0 Å². The van der Waals surface area contributed by atoms with Crippen molar-refractivity contribution in [1.82, 2.24) is 20.4 Å². The van der Waals surface area contributed by atoms with Gasteiger partial charge in [-0.15, -0.1) is 0 Å². The zero-order chi connectivity index (χ0) is 37.0. The fourth-order valence-corrected chi connectivity index (χ4v) is 6.78. The summed E-state index contributed by atoms with van der Waals surface area (Å²) in [4.78, 5) is 24.9. The Balaban J connectivity index is 1.64. The number of nitrogens with one attached hydrogen (secondary N) is 3. The van der Waals surface area contributed by atoms with Crippen molar-refractivity contribution in [2.45, 2.75) is 82.7 Å². The van der Waals surface area contributed by atoms with Crippen molar-refractivity contribution in [3.63, 3.8) is 0 Å². The smallest absolute Gasteiger partial charge is 0.317 e. The lowest BCUT2D eigenvalue weighted by molar-refractivity contribution is -0.136. The molecule has 2 heterocycles. The van der Waals surface area contributed by atoms with Crippen LogP contribution in [0.4, 0.5) is 14.6 Å². The second-order valence-corrected chi connectivity index (χ2v) is 15.2. The van der Waals surface area contributed by atoms with Crippen molar-refractivity contribution in [2.24, 2.45) is 5.41 Å². The predicted molar refractivity (Wildman–Crippen MR) is 185 cm³/mol. The number of carbonyl (C=O) groups excluding carboxylic acids is 1. The summed E-state index contributed by atoms with van der Waals surface area (Å²) < 4.78 is 39.2. The van der Waals surface area contributed by atoms with Crippen molar-refractivity contribution in [2.75, 3.05) is 25.0 Å². The van der Waals surface area contributed by atoms with Crippen LogP contribution >= 0.6 is 23.2 Å². The molecule has 1 aliphatic heterocycles. The number of hydrogen-bond acceptors (Lipinski definition) is 8. The SMILES string of the molecule is CC(C)(C)C[C@@H]1N[C@@H](C(=O)Nc2ccn(CC(C)(C)OCC(O)CNCC(=O)O)n2)[C@H](c2cccc(Cl)c2F)[C@@]1(C#N)c1ccc(Cl)cc1F. The zero-order valence-electron chi connectivity index (χ0n) is 28.4. The van der Waals surface area contributed by atoms with Gasteiger partial charge in [-0.2, -0.15) is 10.4 Å². The molecule has 0 saturated carbocycles. The number of amides is 1. The van der Waals surface area contributed by atoms with Crippen LogP contribution < -0.4 is 16.0 Å². The van der Waals surface area contributed by atoms with Crippen LogP contribution in [0.2, 0.25) is 10.0 Å². The number of nitriles is 1. The first-order chi connectivity index (χ1) is 23.4. The van der Waals surface area contributed by atoms with E-state index in [9.17, 15) is 20.0 Å². The molecule has 5 atom stereocenters. The minimum Gasteiger partial charge on any atom is -0.480 e. The molecule has 15 heteroatoms. The normalized spacial score (nSPS) is 21.5. The topological polar surface area (TPSA) is 162 Å². The molecule has 1 amide bonds. The number of halogens is 4. The van der Waals surface area contributed by atoms with E-state index in [1.807, 2.05) is 20.8 Å². The van der Waals surface area contributed by atoms with Gasteiger partial charge in [-0.1, -0.05) is 62.2 Å². The van der Waals surface area contributed by atoms with Gasteiger partial charge in [0.2, 0.25) is 5.91 Å². The van der Waals surface area contributed by atoms with Crippen LogP contribution in [0.1, 0.15) is 58.1 Å². The van der Waals surface area contributed by atoms with E-state index in [2.05, 4.69) is 27.1 Å². The van der Waals surface area contributed by atoms with Crippen molar-refractivity contribution >= 4 is 40.9 Å². The quantitative estimate of drug-likeness (QED) is 0.149. The van der Waals surface area contributed by atoms with Crippen LogP contribution in [-0.4, -0.2) is 75.4 Å². The number of aromatic nitrogens is 2. The zero-order valence-corrected chi connectivity index (χ0v) is 29.9. The van der Waals surface area contributed by atoms with Gasteiger partial charge in [-0.25, -0.2) is 8.78 Å². The van der Waals surface area contributed by atoms with E-state index in [0.717, 1.165) is 6.07 Å². The molecular formula is C35H42Cl2F2N6O5. The van der Waals surface area contributed by atoms with E-state index >= 15 is 8.78 Å². The van der Waals surface area contributed by atoms with Gasteiger partial charge in [0.25, 0.3) is 0 Å². The number of aliphatic hydroxyl groups is 1. The maximum atomic E-state index is 15.9. The highest BCUT2D eigenvalue weighted by molar-refractivity contribution is 6.31. The molecule has 270 valence electrons. The summed E-state index contributed by atoms with van der Waals surface area (Å²) in [6.07, 6.45) is 0.993. The summed E-state index contributed by atoms with van der Waals surface area (Å²) in [5.41, 5.74) is -3.05. The Morgan fingerprint density at radius 1 is 1.18 bits per heavy atom. The van der Waals surface area contributed by atoms with Gasteiger partial charge in [0.1, 0.15) is 17.0 Å².